The van der Waals surface area contributed by atoms with Crippen LogP contribution in [0.25, 0.3) is 6.08 Å². The minimum atomic E-state index is -0.343. The maximum absolute atomic E-state index is 13.3. The first kappa shape index (κ1) is 21.5. The average Bonchev–Trinajstić information content (AvgIpc) is 3.18. The Balaban J connectivity index is 1.61. The third-order valence-electron chi connectivity index (χ3n) is 5.91. The Labute approximate surface area is 195 Å². The van der Waals surface area contributed by atoms with Gasteiger partial charge in [0, 0.05) is 29.4 Å². The number of rotatable bonds is 5. The first-order valence-electron chi connectivity index (χ1n) is 10.6. The summed E-state index contributed by atoms with van der Waals surface area (Å²) in [7, 11) is 4.55. The van der Waals surface area contributed by atoms with Gasteiger partial charge in [-0.25, -0.2) is 0 Å². The van der Waals surface area contributed by atoms with Crippen molar-refractivity contribution in [2.75, 3.05) is 21.3 Å². The summed E-state index contributed by atoms with van der Waals surface area (Å²) in [6.45, 7) is 0. The smallest absolute Gasteiger partial charge is 0.312 e. The van der Waals surface area contributed by atoms with Gasteiger partial charge in [0.2, 0.25) is 11.5 Å². The van der Waals surface area contributed by atoms with Gasteiger partial charge in [0.05, 0.1) is 33.3 Å². The normalized spacial score (nSPS) is 17.5. The molecule has 34 heavy (non-hydrogen) atoms. The zero-order valence-electron chi connectivity index (χ0n) is 18.8. The number of ketones is 1. The van der Waals surface area contributed by atoms with Gasteiger partial charge in [-0.2, -0.15) is 0 Å². The second-order valence-electron chi connectivity index (χ2n) is 7.73. The van der Waals surface area contributed by atoms with E-state index in [9.17, 15) is 9.59 Å². The van der Waals surface area contributed by atoms with Gasteiger partial charge in [-0.15, -0.1) is 0 Å². The van der Waals surface area contributed by atoms with E-state index >= 15 is 0 Å². The second-order valence-corrected chi connectivity index (χ2v) is 7.73. The van der Waals surface area contributed by atoms with E-state index in [0.717, 1.165) is 5.56 Å². The number of hydrogen-bond donors (Lipinski definition) is 0. The summed E-state index contributed by atoms with van der Waals surface area (Å²) < 4.78 is 27.9. The van der Waals surface area contributed by atoms with E-state index in [1.807, 2.05) is 12.1 Å². The molecule has 1 unspecified atom stereocenters. The van der Waals surface area contributed by atoms with Gasteiger partial charge in [-0.3, -0.25) is 14.6 Å². The molecule has 0 bridgehead atoms. The number of nitrogens with zero attached hydrogens (tertiary/aromatic N) is 1. The van der Waals surface area contributed by atoms with Gasteiger partial charge >= 0.3 is 5.97 Å². The van der Waals surface area contributed by atoms with Gasteiger partial charge in [-0.05, 0) is 48.0 Å². The number of ether oxygens (including phenoxy) is 5. The number of carbonyl (C=O) groups is 2. The standard InChI is InChI=1S/C26H21NO7/c1-30-19-6-4-15(24(31-2)26(19)32-3)12-20-23(29)16-5-7-18-22(25(16)34-20)17(13-21(28)33-18)14-8-10-27-11-9-14/h4-12,17H,13H2,1-3H3. The number of pyridine rings is 1. The summed E-state index contributed by atoms with van der Waals surface area (Å²) in [6, 6.07) is 10.4. The topological polar surface area (TPSA) is 93.2 Å². The molecule has 2 aromatic carbocycles. The molecule has 0 saturated carbocycles. The highest BCUT2D eigenvalue weighted by molar-refractivity contribution is 6.15. The van der Waals surface area contributed by atoms with Crippen molar-refractivity contribution in [3.63, 3.8) is 0 Å². The number of allylic oxidation sites excluding steroid dienone is 1. The zero-order chi connectivity index (χ0) is 23.8. The van der Waals surface area contributed by atoms with Crippen molar-refractivity contribution in [2.24, 2.45) is 0 Å². The lowest BCUT2D eigenvalue weighted by atomic mass is 9.85. The molecule has 0 spiro atoms. The molecule has 1 aromatic heterocycles. The summed E-state index contributed by atoms with van der Waals surface area (Å²) in [5.41, 5.74) is 2.54. The Bertz CT molecular complexity index is 1330. The Morgan fingerprint density at radius 3 is 2.38 bits per heavy atom. The fourth-order valence-electron chi connectivity index (χ4n) is 4.37. The first-order chi connectivity index (χ1) is 16.5. The third kappa shape index (κ3) is 3.44. The van der Waals surface area contributed by atoms with Crippen molar-refractivity contribution in [3.8, 4) is 28.7 Å². The van der Waals surface area contributed by atoms with Crippen molar-refractivity contribution in [3.05, 3.63) is 76.8 Å². The molecule has 0 fully saturated rings. The maximum atomic E-state index is 13.3. The predicted octanol–water partition coefficient (Wildman–Crippen LogP) is 4.16. The summed E-state index contributed by atoms with van der Waals surface area (Å²) in [4.78, 5) is 29.6. The molecule has 8 heteroatoms. The van der Waals surface area contributed by atoms with Gasteiger partial charge in [0.15, 0.2) is 17.3 Å². The number of methoxy groups -OCH3 is 3. The van der Waals surface area contributed by atoms with Crippen LogP contribution in [0.15, 0.2) is 54.6 Å². The Hall–Kier alpha value is -4.33. The Morgan fingerprint density at radius 1 is 0.912 bits per heavy atom. The lowest BCUT2D eigenvalue weighted by Crippen LogP contribution is -2.21. The van der Waals surface area contributed by atoms with Crippen LogP contribution in [0, 0.1) is 0 Å². The van der Waals surface area contributed by atoms with Crippen molar-refractivity contribution in [2.45, 2.75) is 12.3 Å². The quantitative estimate of drug-likeness (QED) is 0.319. The van der Waals surface area contributed by atoms with Crippen LogP contribution in [0.5, 0.6) is 28.7 Å². The van der Waals surface area contributed by atoms with Crippen LogP contribution in [0.2, 0.25) is 0 Å². The lowest BCUT2D eigenvalue weighted by Gasteiger charge is -2.26. The fourth-order valence-corrected chi connectivity index (χ4v) is 4.37. The molecule has 172 valence electrons. The van der Waals surface area contributed by atoms with E-state index in [1.54, 1.807) is 42.7 Å². The number of benzene rings is 2. The van der Waals surface area contributed by atoms with Crippen molar-refractivity contribution in [1.82, 2.24) is 4.98 Å². The molecular formula is C26H21NO7. The lowest BCUT2D eigenvalue weighted by molar-refractivity contribution is -0.135. The molecule has 0 radical (unpaired) electrons. The molecular weight excluding hydrogens is 438 g/mol. The maximum Gasteiger partial charge on any atom is 0.312 e. The number of aromatic nitrogens is 1. The highest BCUT2D eigenvalue weighted by atomic mass is 16.5. The fraction of sp³-hybridized carbons (Fsp3) is 0.192. The monoisotopic (exact) mass is 459 g/mol. The number of Topliss-reactive ketones (excluding diaryl/α,β-unsaturated/α-hetero) is 1. The molecule has 0 amide bonds. The number of hydrogen-bond acceptors (Lipinski definition) is 8. The molecule has 1 atom stereocenters. The molecule has 3 aromatic rings. The molecule has 2 aliphatic heterocycles. The molecule has 0 N–H and O–H groups in total. The van der Waals surface area contributed by atoms with E-state index in [-0.39, 0.29) is 29.9 Å². The molecule has 0 saturated heterocycles. The van der Waals surface area contributed by atoms with Crippen LogP contribution in [0.4, 0.5) is 0 Å². The summed E-state index contributed by atoms with van der Waals surface area (Å²) in [5.74, 6) is 1.27. The Kier molecular flexibility index (Phi) is 5.41. The minimum Gasteiger partial charge on any atom is -0.493 e. The van der Waals surface area contributed by atoms with Crippen molar-refractivity contribution < 1.29 is 33.3 Å². The third-order valence-corrected chi connectivity index (χ3v) is 5.91. The van der Waals surface area contributed by atoms with Crippen LogP contribution in [0.3, 0.4) is 0 Å². The largest absolute Gasteiger partial charge is 0.493 e. The molecule has 3 heterocycles. The van der Waals surface area contributed by atoms with Gasteiger partial charge in [-0.1, -0.05) is 0 Å². The van der Waals surface area contributed by atoms with Crippen molar-refractivity contribution >= 4 is 17.8 Å². The van der Waals surface area contributed by atoms with E-state index < -0.39 is 0 Å². The molecule has 0 aliphatic carbocycles. The SMILES string of the molecule is COc1ccc(C=C2Oc3c(ccc4c3C(c3ccncc3)CC(=O)O4)C2=O)c(OC)c1OC. The second kappa shape index (κ2) is 8.55. The zero-order valence-corrected chi connectivity index (χ0v) is 18.8. The van der Waals surface area contributed by atoms with Crippen LogP contribution < -0.4 is 23.7 Å². The van der Waals surface area contributed by atoms with E-state index in [2.05, 4.69) is 4.98 Å². The first-order valence-corrected chi connectivity index (χ1v) is 10.6. The summed E-state index contributed by atoms with van der Waals surface area (Å²) in [5, 5.41) is 0. The highest BCUT2D eigenvalue weighted by Crippen LogP contribution is 2.49. The molecule has 5 rings (SSSR count). The van der Waals surface area contributed by atoms with E-state index in [0.29, 0.717) is 45.4 Å². The average molecular weight is 459 g/mol. The van der Waals surface area contributed by atoms with Crippen LogP contribution >= 0.6 is 0 Å². The number of carbonyl (C=O) groups excluding carboxylic acids is 2. The van der Waals surface area contributed by atoms with E-state index in [1.165, 1.54) is 21.3 Å². The highest BCUT2D eigenvalue weighted by Gasteiger charge is 2.38. The van der Waals surface area contributed by atoms with Crippen molar-refractivity contribution in [1.29, 1.82) is 0 Å². The molecule has 8 nitrogen and oxygen atoms in total. The summed E-state index contributed by atoms with van der Waals surface area (Å²) >= 11 is 0. The van der Waals surface area contributed by atoms with Crippen LogP contribution in [0.1, 0.15) is 39.4 Å². The van der Waals surface area contributed by atoms with Gasteiger partial charge in [0.25, 0.3) is 0 Å². The number of esters is 1. The van der Waals surface area contributed by atoms with Gasteiger partial charge in [0.1, 0.15) is 11.5 Å². The van der Waals surface area contributed by atoms with Gasteiger partial charge < -0.3 is 23.7 Å². The predicted molar refractivity (Wildman–Crippen MR) is 122 cm³/mol. The summed E-state index contributed by atoms with van der Waals surface area (Å²) in [6.07, 6.45) is 5.07. The van der Waals surface area contributed by atoms with Crippen LogP contribution in [-0.2, 0) is 4.79 Å². The van der Waals surface area contributed by atoms with E-state index in [4.69, 9.17) is 23.7 Å². The van der Waals surface area contributed by atoms with Crippen LogP contribution in [-0.4, -0.2) is 38.1 Å². The minimum absolute atomic E-state index is 0.124. The molecule has 2 aliphatic rings. The Morgan fingerprint density at radius 2 is 1.68 bits per heavy atom. The number of fused-ring (bicyclic) bond motifs is 3.